The van der Waals surface area contributed by atoms with Crippen LogP contribution in [0.4, 0.5) is 11.4 Å². The van der Waals surface area contributed by atoms with Gasteiger partial charge in [-0.05, 0) is 69.4 Å². The number of carbonyl (C=O) groups excluding carboxylic acids is 1. The standard InChI is InChI=1S/C24H27N3OS/c1-17-4-6-18(7-5-17)22-12-13-23(29-22)24(28)25-19-8-10-20(11-9-19)27-15-14-21(16-27)26(2)3/h4-13,21H,14-16H2,1-3H3,(H,25,28). The Morgan fingerprint density at radius 1 is 1.03 bits per heavy atom. The number of aryl methyl sites for hydroxylation is 1. The minimum absolute atomic E-state index is 0.0602. The molecule has 1 saturated heterocycles. The van der Waals surface area contributed by atoms with E-state index < -0.39 is 0 Å². The zero-order valence-corrected chi connectivity index (χ0v) is 18.0. The van der Waals surface area contributed by atoms with Crippen LogP contribution in [0.1, 0.15) is 21.7 Å². The van der Waals surface area contributed by atoms with E-state index in [4.69, 9.17) is 0 Å². The lowest BCUT2D eigenvalue weighted by Crippen LogP contribution is -2.31. The van der Waals surface area contributed by atoms with Crippen LogP contribution in [-0.2, 0) is 0 Å². The molecule has 1 amide bonds. The van der Waals surface area contributed by atoms with Gasteiger partial charge in [-0.15, -0.1) is 11.3 Å². The third-order valence-corrected chi connectivity index (χ3v) is 6.68. The number of amides is 1. The highest BCUT2D eigenvalue weighted by atomic mass is 32.1. The van der Waals surface area contributed by atoms with Crippen LogP contribution in [0.3, 0.4) is 0 Å². The average Bonchev–Trinajstić information content (AvgIpc) is 3.39. The molecule has 0 aliphatic carbocycles. The predicted molar refractivity (Wildman–Crippen MR) is 123 cm³/mol. The van der Waals surface area contributed by atoms with Gasteiger partial charge in [0.1, 0.15) is 0 Å². The Labute approximate surface area is 176 Å². The van der Waals surface area contributed by atoms with Crippen molar-refractivity contribution in [2.45, 2.75) is 19.4 Å². The SMILES string of the molecule is Cc1ccc(-c2ccc(C(=O)Nc3ccc(N4CCC(N(C)C)C4)cc3)s2)cc1. The van der Waals surface area contributed by atoms with Gasteiger partial charge in [-0.25, -0.2) is 0 Å². The van der Waals surface area contributed by atoms with E-state index in [0.29, 0.717) is 6.04 Å². The van der Waals surface area contributed by atoms with Crippen LogP contribution in [-0.4, -0.2) is 44.0 Å². The largest absolute Gasteiger partial charge is 0.370 e. The van der Waals surface area contributed by atoms with Gasteiger partial charge in [-0.1, -0.05) is 29.8 Å². The highest BCUT2D eigenvalue weighted by Crippen LogP contribution is 2.29. The van der Waals surface area contributed by atoms with E-state index in [1.807, 2.05) is 24.3 Å². The number of likely N-dealkylation sites (N-methyl/N-ethyl adjacent to an activating group) is 1. The molecular formula is C24H27N3OS. The fourth-order valence-electron chi connectivity index (χ4n) is 3.68. The van der Waals surface area contributed by atoms with Crippen LogP contribution in [0.25, 0.3) is 10.4 Å². The number of anilines is 2. The first-order valence-corrected chi connectivity index (χ1v) is 10.8. The van der Waals surface area contributed by atoms with Crippen LogP contribution < -0.4 is 10.2 Å². The molecule has 4 nitrogen and oxygen atoms in total. The fourth-order valence-corrected chi connectivity index (χ4v) is 4.59. The number of nitrogens with one attached hydrogen (secondary N) is 1. The summed E-state index contributed by atoms with van der Waals surface area (Å²) in [5.74, 6) is -0.0602. The second-order valence-electron chi connectivity index (χ2n) is 7.88. The van der Waals surface area contributed by atoms with Crippen LogP contribution in [0.15, 0.2) is 60.7 Å². The Morgan fingerprint density at radius 3 is 2.41 bits per heavy atom. The number of hydrogen-bond donors (Lipinski definition) is 1. The molecule has 5 heteroatoms. The molecule has 0 bridgehead atoms. The minimum Gasteiger partial charge on any atom is -0.370 e. The van der Waals surface area contributed by atoms with Crippen molar-refractivity contribution in [3.05, 3.63) is 71.1 Å². The molecular weight excluding hydrogens is 378 g/mol. The normalized spacial score (nSPS) is 16.4. The molecule has 2 aromatic carbocycles. The van der Waals surface area contributed by atoms with Gasteiger partial charge in [0.2, 0.25) is 0 Å². The Morgan fingerprint density at radius 2 is 1.76 bits per heavy atom. The Balaban J connectivity index is 1.39. The maximum Gasteiger partial charge on any atom is 0.265 e. The van der Waals surface area contributed by atoms with Crippen LogP contribution in [0.5, 0.6) is 0 Å². The van der Waals surface area contributed by atoms with Gasteiger partial charge in [0, 0.05) is 35.4 Å². The molecule has 3 aromatic rings. The maximum atomic E-state index is 12.7. The third-order valence-electron chi connectivity index (χ3n) is 5.55. The topological polar surface area (TPSA) is 35.6 Å². The van der Waals surface area contributed by atoms with E-state index in [2.05, 4.69) is 72.5 Å². The molecule has 1 N–H and O–H groups in total. The molecule has 2 heterocycles. The molecule has 1 fully saturated rings. The Hall–Kier alpha value is -2.63. The maximum absolute atomic E-state index is 12.7. The summed E-state index contributed by atoms with van der Waals surface area (Å²) >= 11 is 1.52. The number of benzene rings is 2. The summed E-state index contributed by atoms with van der Waals surface area (Å²) in [6.45, 7) is 4.20. The van der Waals surface area contributed by atoms with Gasteiger partial charge in [0.05, 0.1) is 4.88 Å². The fraction of sp³-hybridized carbons (Fsp3) is 0.292. The van der Waals surface area contributed by atoms with E-state index in [0.717, 1.165) is 34.1 Å². The average molecular weight is 406 g/mol. The number of rotatable bonds is 5. The lowest BCUT2D eigenvalue weighted by Gasteiger charge is -2.22. The Bertz CT molecular complexity index is 976. The highest BCUT2D eigenvalue weighted by Gasteiger charge is 2.24. The van der Waals surface area contributed by atoms with Crippen molar-refractivity contribution in [3.8, 4) is 10.4 Å². The van der Waals surface area contributed by atoms with Crippen molar-refractivity contribution in [1.82, 2.24) is 4.90 Å². The molecule has 0 spiro atoms. The predicted octanol–water partition coefficient (Wildman–Crippen LogP) is 5.12. The molecule has 4 rings (SSSR count). The molecule has 150 valence electrons. The molecule has 0 saturated carbocycles. The summed E-state index contributed by atoms with van der Waals surface area (Å²) < 4.78 is 0. The van der Waals surface area contributed by atoms with E-state index in [1.165, 1.54) is 29.0 Å². The molecule has 1 aliphatic heterocycles. The van der Waals surface area contributed by atoms with Crippen LogP contribution >= 0.6 is 11.3 Å². The van der Waals surface area contributed by atoms with Gasteiger partial charge in [0.15, 0.2) is 0 Å². The molecule has 29 heavy (non-hydrogen) atoms. The minimum atomic E-state index is -0.0602. The van der Waals surface area contributed by atoms with Crippen molar-refractivity contribution in [2.24, 2.45) is 0 Å². The second-order valence-corrected chi connectivity index (χ2v) is 8.97. The van der Waals surface area contributed by atoms with E-state index in [9.17, 15) is 4.79 Å². The zero-order chi connectivity index (χ0) is 20.4. The quantitative estimate of drug-likeness (QED) is 0.640. The summed E-state index contributed by atoms with van der Waals surface area (Å²) in [5.41, 5.74) is 4.42. The van der Waals surface area contributed by atoms with E-state index in [-0.39, 0.29) is 5.91 Å². The summed E-state index contributed by atoms with van der Waals surface area (Å²) in [7, 11) is 4.28. The summed E-state index contributed by atoms with van der Waals surface area (Å²) in [5, 5.41) is 3.02. The smallest absolute Gasteiger partial charge is 0.265 e. The highest BCUT2D eigenvalue weighted by molar-refractivity contribution is 7.17. The first kappa shape index (κ1) is 19.7. The first-order valence-electron chi connectivity index (χ1n) is 9.99. The monoisotopic (exact) mass is 405 g/mol. The van der Waals surface area contributed by atoms with Gasteiger partial charge in [0.25, 0.3) is 5.91 Å². The lowest BCUT2D eigenvalue weighted by atomic mass is 10.1. The number of hydrogen-bond acceptors (Lipinski definition) is 4. The van der Waals surface area contributed by atoms with Crippen molar-refractivity contribution in [1.29, 1.82) is 0 Å². The van der Waals surface area contributed by atoms with Crippen molar-refractivity contribution in [2.75, 3.05) is 37.4 Å². The van der Waals surface area contributed by atoms with Gasteiger partial charge < -0.3 is 15.1 Å². The van der Waals surface area contributed by atoms with Crippen molar-refractivity contribution < 1.29 is 4.79 Å². The molecule has 1 aliphatic rings. The van der Waals surface area contributed by atoms with Crippen molar-refractivity contribution >= 4 is 28.6 Å². The molecule has 0 radical (unpaired) electrons. The van der Waals surface area contributed by atoms with Crippen LogP contribution in [0, 0.1) is 6.92 Å². The van der Waals surface area contributed by atoms with Crippen LogP contribution in [0.2, 0.25) is 0 Å². The van der Waals surface area contributed by atoms with Crippen molar-refractivity contribution in [3.63, 3.8) is 0 Å². The zero-order valence-electron chi connectivity index (χ0n) is 17.2. The Kier molecular flexibility index (Phi) is 5.69. The number of carbonyl (C=O) groups is 1. The number of thiophene rings is 1. The first-order chi connectivity index (χ1) is 14.0. The van der Waals surface area contributed by atoms with Gasteiger partial charge in [-0.2, -0.15) is 0 Å². The van der Waals surface area contributed by atoms with E-state index in [1.54, 1.807) is 0 Å². The summed E-state index contributed by atoms with van der Waals surface area (Å²) in [6.07, 6.45) is 1.19. The second kappa shape index (κ2) is 8.39. The van der Waals surface area contributed by atoms with Gasteiger partial charge >= 0.3 is 0 Å². The number of nitrogens with zero attached hydrogens (tertiary/aromatic N) is 2. The summed E-state index contributed by atoms with van der Waals surface area (Å²) in [4.78, 5) is 19.2. The van der Waals surface area contributed by atoms with Gasteiger partial charge in [-0.3, -0.25) is 4.79 Å². The lowest BCUT2D eigenvalue weighted by molar-refractivity contribution is 0.103. The molecule has 1 aromatic heterocycles. The third kappa shape index (κ3) is 4.52. The molecule has 1 atom stereocenters. The summed E-state index contributed by atoms with van der Waals surface area (Å²) in [6, 6.07) is 21.1. The van der Waals surface area contributed by atoms with E-state index >= 15 is 0 Å². The molecule has 1 unspecified atom stereocenters.